The monoisotopic (exact) mass is 320 g/mol. The van der Waals surface area contributed by atoms with Gasteiger partial charge in [0.15, 0.2) is 0 Å². The number of nitrogens with zero attached hydrogens (tertiary/aromatic N) is 1. The van der Waals surface area contributed by atoms with E-state index in [-0.39, 0.29) is 23.7 Å². The van der Waals surface area contributed by atoms with Gasteiger partial charge in [0.05, 0.1) is 19.3 Å². The van der Waals surface area contributed by atoms with Crippen molar-refractivity contribution in [3.8, 4) is 0 Å². The summed E-state index contributed by atoms with van der Waals surface area (Å²) >= 11 is 0. The van der Waals surface area contributed by atoms with Gasteiger partial charge in [0.2, 0.25) is 0 Å². The number of amides is 2. The van der Waals surface area contributed by atoms with Gasteiger partial charge in [0.1, 0.15) is 6.10 Å². The molecule has 0 radical (unpaired) electrons. The molecule has 128 valence electrons. The van der Waals surface area contributed by atoms with Gasteiger partial charge in [0.25, 0.3) is 0 Å². The molecule has 2 N–H and O–H groups in total. The number of hydrogen-bond donors (Lipinski definition) is 2. The van der Waals surface area contributed by atoms with Gasteiger partial charge in [0, 0.05) is 13.1 Å². The number of morpholine rings is 1. The van der Waals surface area contributed by atoms with E-state index in [4.69, 9.17) is 4.74 Å². The van der Waals surface area contributed by atoms with Gasteiger partial charge in [-0.2, -0.15) is 0 Å². The van der Waals surface area contributed by atoms with E-state index in [1.807, 2.05) is 44.2 Å². The molecule has 5 heteroatoms. The molecule has 0 saturated carbocycles. The van der Waals surface area contributed by atoms with Crippen LogP contribution in [0.2, 0.25) is 0 Å². The van der Waals surface area contributed by atoms with E-state index in [0.29, 0.717) is 32.7 Å². The van der Waals surface area contributed by atoms with Crippen molar-refractivity contribution < 1.29 is 14.6 Å². The van der Waals surface area contributed by atoms with Gasteiger partial charge in [-0.25, -0.2) is 4.79 Å². The van der Waals surface area contributed by atoms with Crippen LogP contribution in [-0.4, -0.2) is 48.4 Å². The number of rotatable bonds is 5. The van der Waals surface area contributed by atoms with Crippen LogP contribution >= 0.6 is 0 Å². The molecular formula is C18H28N2O3. The van der Waals surface area contributed by atoms with E-state index in [0.717, 1.165) is 5.56 Å². The molecular weight excluding hydrogens is 292 g/mol. The average molecular weight is 320 g/mol. The lowest BCUT2D eigenvalue weighted by Crippen LogP contribution is -2.49. The number of benzene rings is 1. The van der Waals surface area contributed by atoms with Gasteiger partial charge in [-0.1, -0.05) is 44.2 Å². The lowest BCUT2D eigenvalue weighted by Gasteiger charge is -2.34. The van der Waals surface area contributed by atoms with Crippen molar-refractivity contribution in [2.24, 2.45) is 5.41 Å². The molecule has 1 aliphatic heterocycles. The lowest BCUT2D eigenvalue weighted by molar-refractivity contribution is -0.0157. The quantitative estimate of drug-likeness (QED) is 0.876. The van der Waals surface area contributed by atoms with Gasteiger partial charge in [-0.3, -0.25) is 0 Å². The van der Waals surface area contributed by atoms with Crippen LogP contribution in [0.5, 0.6) is 0 Å². The van der Waals surface area contributed by atoms with Crippen molar-refractivity contribution in [3.05, 3.63) is 35.9 Å². The van der Waals surface area contributed by atoms with Crippen LogP contribution in [0.1, 0.15) is 38.9 Å². The highest BCUT2D eigenvalue weighted by atomic mass is 16.5. The summed E-state index contributed by atoms with van der Waals surface area (Å²) in [7, 11) is 0. The van der Waals surface area contributed by atoms with Crippen LogP contribution in [0.15, 0.2) is 30.3 Å². The second-order valence-electron chi connectivity index (χ2n) is 7.09. The maximum atomic E-state index is 12.4. The predicted molar refractivity (Wildman–Crippen MR) is 90.2 cm³/mol. The smallest absolute Gasteiger partial charge is 0.317 e. The summed E-state index contributed by atoms with van der Waals surface area (Å²) < 4.78 is 5.79. The van der Waals surface area contributed by atoms with Gasteiger partial charge >= 0.3 is 6.03 Å². The molecule has 0 spiro atoms. The molecule has 1 aromatic rings. The summed E-state index contributed by atoms with van der Waals surface area (Å²) in [6.45, 7) is 8.13. The van der Waals surface area contributed by atoms with Crippen LogP contribution < -0.4 is 5.32 Å². The molecule has 23 heavy (non-hydrogen) atoms. The standard InChI is InChI=1S/C18H28N2O3/c1-14(21)11-18(2,3)13-19-17(22)20-9-10-23-16(12-20)15-7-5-4-6-8-15/h4-8,14,16,21H,9-13H2,1-3H3,(H,19,22). The molecule has 2 amide bonds. The molecule has 1 aromatic carbocycles. The maximum absolute atomic E-state index is 12.4. The Morgan fingerprint density at radius 2 is 2.13 bits per heavy atom. The summed E-state index contributed by atoms with van der Waals surface area (Å²) in [5.74, 6) is 0. The number of aliphatic hydroxyl groups is 1. The van der Waals surface area contributed by atoms with E-state index in [1.54, 1.807) is 11.8 Å². The largest absolute Gasteiger partial charge is 0.393 e. The molecule has 2 atom stereocenters. The van der Waals surface area contributed by atoms with Gasteiger partial charge in [-0.15, -0.1) is 0 Å². The van der Waals surface area contributed by atoms with E-state index in [9.17, 15) is 9.90 Å². The third kappa shape index (κ3) is 5.52. The Morgan fingerprint density at radius 1 is 1.43 bits per heavy atom. The van der Waals surface area contributed by atoms with Gasteiger partial charge < -0.3 is 20.1 Å². The topological polar surface area (TPSA) is 61.8 Å². The zero-order valence-corrected chi connectivity index (χ0v) is 14.3. The molecule has 1 fully saturated rings. The van der Waals surface area contributed by atoms with Crippen molar-refractivity contribution in [1.82, 2.24) is 10.2 Å². The number of hydrogen-bond acceptors (Lipinski definition) is 3. The minimum atomic E-state index is -0.368. The average Bonchev–Trinajstić information content (AvgIpc) is 2.52. The Kier molecular flexibility index (Phi) is 6.02. The van der Waals surface area contributed by atoms with Crippen molar-refractivity contribution in [2.45, 2.75) is 39.4 Å². The SMILES string of the molecule is CC(O)CC(C)(C)CNC(=O)N1CCOC(c2ccccc2)C1. The van der Waals surface area contributed by atoms with Crippen molar-refractivity contribution >= 4 is 6.03 Å². The Morgan fingerprint density at radius 3 is 2.78 bits per heavy atom. The molecule has 1 saturated heterocycles. The number of carbonyl (C=O) groups excluding carboxylic acids is 1. The van der Waals surface area contributed by atoms with Gasteiger partial charge in [-0.05, 0) is 24.3 Å². The third-order valence-electron chi connectivity index (χ3n) is 4.09. The van der Waals surface area contributed by atoms with Crippen LogP contribution in [-0.2, 0) is 4.74 Å². The second kappa shape index (κ2) is 7.79. The highest BCUT2D eigenvalue weighted by Crippen LogP contribution is 2.23. The number of carbonyl (C=O) groups is 1. The molecule has 1 aliphatic rings. The van der Waals surface area contributed by atoms with E-state index in [1.165, 1.54) is 0 Å². The number of urea groups is 1. The fraction of sp³-hybridized carbons (Fsp3) is 0.611. The van der Waals surface area contributed by atoms with Crippen molar-refractivity contribution in [2.75, 3.05) is 26.2 Å². The molecule has 0 aromatic heterocycles. The summed E-state index contributed by atoms with van der Waals surface area (Å²) in [5.41, 5.74) is 0.967. The van der Waals surface area contributed by atoms with E-state index in [2.05, 4.69) is 5.32 Å². The summed E-state index contributed by atoms with van der Waals surface area (Å²) in [4.78, 5) is 14.2. The number of nitrogens with one attached hydrogen (secondary N) is 1. The minimum absolute atomic E-state index is 0.0621. The first-order valence-electron chi connectivity index (χ1n) is 8.25. The molecule has 0 bridgehead atoms. The first kappa shape index (κ1) is 17.8. The maximum Gasteiger partial charge on any atom is 0.317 e. The second-order valence-corrected chi connectivity index (χ2v) is 7.09. The number of ether oxygens (including phenoxy) is 1. The predicted octanol–water partition coefficient (Wildman–Crippen LogP) is 2.57. The molecule has 5 nitrogen and oxygen atoms in total. The van der Waals surface area contributed by atoms with Crippen LogP contribution in [0.3, 0.4) is 0 Å². The molecule has 1 heterocycles. The normalized spacial score (nSPS) is 20.2. The zero-order chi connectivity index (χ0) is 16.9. The Hall–Kier alpha value is -1.59. The van der Waals surface area contributed by atoms with Crippen molar-refractivity contribution in [3.63, 3.8) is 0 Å². The molecule has 0 aliphatic carbocycles. The highest BCUT2D eigenvalue weighted by Gasteiger charge is 2.27. The highest BCUT2D eigenvalue weighted by molar-refractivity contribution is 5.74. The fourth-order valence-electron chi connectivity index (χ4n) is 3.00. The molecule has 2 unspecified atom stereocenters. The summed E-state index contributed by atoms with van der Waals surface area (Å²) in [5, 5.41) is 12.5. The zero-order valence-electron chi connectivity index (χ0n) is 14.3. The lowest BCUT2D eigenvalue weighted by atomic mass is 9.87. The van der Waals surface area contributed by atoms with Crippen LogP contribution in [0.25, 0.3) is 0 Å². The Balaban J connectivity index is 1.87. The van der Waals surface area contributed by atoms with Crippen LogP contribution in [0, 0.1) is 5.41 Å². The number of aliphatic hydroxyl groups excluding tert-OH is 1. The summed E-state index contributed by atoms with van der Waals surface area (Å²) in [6, 6.07) is 9.93. The Bertz CT molecular complexity index is 502. The Labute approximate surface area is 138 Å². The minimum Gasteiger partial charge on any atom is -0.393 e. The summed E-state index contributed by atoms with van der Waals surface area (Å²) in [6.07, 6.45) is 0.220. The first-order chi connectivity index (χ1) is 10.9. The van der Waals surface area contributed by atoms with E-state index < -0.39 is 0 Å². The van der Waals surface area contributed by atoms with Crippen LogP contribution in [0.4, 0.5) is 4.79 Å². The molecule has 2 rings (SSSR count). The van der Waals surface area contributed by atoms with E-state index >= 15 is 0 Å². The van der Waals surface area contributed by atoms with Crippen molar-refractivity contribution in [1.29, 1.82) is 0 Å². The first-order valence-corrected chi connectivity index (χ1v) is 8.25. The fourth-order valence-corrected chi connectivity index (χ4v) is 3.00. The third-order valence-corrected chi connectivity index (χ3v) is 4.09.